The maximum Gasteiger partial charge on any atom is 0.191 e. The number of guanidine groups is 1. The highest BCUT2D eigenvalue weighted by atomic mass is 127. The number of rotatable bonds is 7. The molecule has 2 N–H and O–H groups in total. The van der Waals surface area contributed by atoms with E-state index in [9.17, 15) is 0 Å². The first kappa shape index (κ1) is 23.0. The molecule has 0 aliphatic carbocycles. The second kappa shape index (κ2) is 12.4. The number of nitrogens with zero attached hydrogens (tertiary/aromatic N) is 2. The number of halogens is 1. The minimum absolute atomic E-state index is 0. The number of aryl methyl sites for hydroxylation is 1. The first-order valence-electron chi connectivity index (χ1n) is 9.57. The van der Waals surface area contributed by atoms with Crippen molar-refractivity contribution in [3.05, 3.63) is 29.3 Å². The van der Waals surface area contributed by atoms with Crippen LogP contribution in [0.3, 0.4) is 0 Å². The summed E-state index contributed by atoms with van der Waals surface area (Å²) in [5.41, 5.74) is 2.35. The van der Waals surface area contributed by atoms with Gasteiger partial charge in [-0.15, -0.1) is 24.0 Å². The van der Waals surface area contributed by atoms with Crippen molar-refractivity contribution in [1.29, 1.82) is 0 Å². The molecule has 1 aliphatic heterocycles. The molecule has 0 saturated carbocycles. The Morgan fingerprint density at radius 2 is 2.00 bits per heavy atom. The standard InChI is InChI=1S/C20H34N4O.HI/c1-5-11-24-12-9-18(10-13-24)23-20(21-6-2)22-15-17-7-8-19(25-4)16(3)14-17;/h7-8,14,18H,5-6,9-13,15H2,1-4H3,(H2,21,22,23);1H. The zero-order valence-electron chi connectivity index (χ0n) is 16.7. The molecule has 0 aromatic heterocycles. The third kappa shape index (κ3) is 7.31. The fourth-order valence-electron chi connectivity index (χ4n) is 3.34. The minimum Gasteiger partial charge on any atom is -0.496 e. The quantitative estimate of drug-likeness (QED) is 0.361. The molecule has 0 bridgehead atoms. The fourth-order valence-corrected chi connectivity index (χ4v) is 3.34. The van der Waals surface area contributed by atoms with Crippen molar-refractivity contribution in [2.45, 2.75) is 52.6 Å². The van der Waals surface area contributed by atoms with E-state index in [0.717, 1.165) is 23.8 Å². The molecule has 1 fully saturated rings. The molecule has 1 heterocycles. The smallest absolute Gasteiger partial charge is 0.191 e. The molecule has 26 heavy (non-hydrogen) atoms. The van der Waals surface area contributed by atoms with Crippen molar-refractivity contribution < 1.29 is 4.74 Å². The number of hydrogen-bond acceptors (Lipinski definition) is 3. The van der Waals surface area contributed by atoms with Gasteiger partial charge in [0.25, 0.3) is 0 Å². The van der Waals surface area contributed by atoms with Crippen LogP contribution in [0.4, 0.5) is 0 Å². The molecule has 0 unspecified atom stereocenters. The van der Waals surface area contributed by atoms with Gasteiger partial charge >= 0.3 is 0 Å². The van der Waals surface area contributed by atoms with E-state index < -0.39 is 0 Å². The van der Waals surface area contributed by atoms with E-state index in [2.05, 4.69) is 48.4 Å². The molecular formula is C20H35IN4O. The van der Waals surface area contributed by atoms with Crippen LogP contribution in [0.2, 0.25) is 0 Å². The average Bonchev–Trinajstić information content (AvgIpc) is 2.62. The van der Waals surface area contributed by atoms with Gasteiger partial charge in [0, 0.05) is 25.7 Å². The van der Waals surface area contributed by atoms with Gasteiger partial charge in [-0.3, -0.25) is 0 Å². The summed E-state index contributed by atoms with van der Waals surface area (Å²) >= 11 is 0. The van der Waals surface area contributed by atoms with Gasteiger partial charge in [-0.1, -0.05) is 19.1 Å². The largest absolute Gasteiger partial charge is 0.496 e. The molecule has 0 spiro atoms. The van der Waals surface area contributed by atoms with Crippen molar-refractivity contribution in [3.63, 3.8) is 0 Å². The second-order valence-corrected chi connectivity index (χ2v) is 6.76. The highest BCUT2D eigenvalue weighted by Crippen LogP contribution is 2.19. The zero-order chi connectivity index (χ0) is 18.1. The van der Waals surface area contributed by atoms with Crippen LogP contribution in [-0.4, -0.2) is 50.2 Å². The molecule has 1 aromatic rings. The Kier molecular flexibility index (Phi) is 11.0. The predicted octanol–water partition coefficient (Wildman–Crippen LogP) is 3.55. The van der Waals surface area contributed by atoms with Gasteiger partial charge in [-0.25, -0.2) is 4.99 Å². The molecular weight excluding hydrogens is 439 g/mol. The number of ether oxygens (including phenoxy) is 1. The molecule has 5 nitrogen and oxygen atoms in total. The topological polar surface area (TPSA) is 48.9 Å². The van der Waals surface area contributed by atoms with Crippen molar-refractivity contribution in [2.24, 2.45) is 4.99 Å². The van der Waals surface area contributed by atoms with E-state index in [0.29, 0.717) is 12.6 Å². The number of aliphatic imine (C=N–C) groups is 1. The highest BCUT2D eigenvalue weighted by molar-refractivity contribution is 14.0. The molecule has 6 heteroatoms. The Morgan fingerprint density at radius 3 is 2.58 bits per heavy atom. The van der Waals surface area contributed by atoms with Crippen molar-refractivity contribution >= 4 is 29.9 Å². The van der Waals surface area contributed by atoms with Gasteiger partial charge < -0.3 is 20.3 Å². The van der Waals surface area contributed by atoms with Crippen LogP contribution in [0.5, 0.6) is 5.75 Å². The van der Waals surface area contributed by atoms with Gasteiger partial charge in [0.2, 0.25) is 0 Å². The van der Waals surface area contributed by atoms with E-state index in [-0.39, 0.29) is 24.0 Å². The second-order valence-electron chi connectivity index (χ2n) is 6.76. The minimum atomic E-state index is 0. The molecule has 0 atom stereocenters. The van der Waals surface area contributed by atoms with Crippen LogP contribution in [0.15, 0.2) is 23.2 Å². The molecule has 1 saturated heterocycles. The lowest BCUT2D eigenvalue weighted by molar-refractivity contribution is 0.206. The van der Waals surface area contributed by atoms with E-state index in [1.54, 1.807) is 7.11 Å². The molecule has 1 aliphatic rings. The van der Waals surface area contributed by atoms with Crippen LogP contribution in [0, 0.1) is 6.92 Å². The monoisotopic (exact) mass is 474 g/mol. The van der Waals surface area contributed by atoms with Gasteiger partial charge in [-0.05, 0) is 56.8 Å². The summed E-state index contributed by atoms with van der Waals surface area (Å²) in [6.45, 7) is 11.6. The zero-order valence-corrected chi connectivity index (χ0v) is 19.0. The average molecular weight is 474 g/mol. The van der Waals surface area contributed by atoms with Gasteiger partial charge in [0.05, 0.1) is 13.7 Å². The van der Waals surface area contributed by atoms with Crippen LogP contribution in [0.25, 0.3) is 0 Å². The Morgan fingerprint density at radius 1 is 1.27 bits per heavy atom. The Labute approximate surface area is 176 Å². The van der Waals surface area contributed by atoms with E-state index in [1.165, 1.54) is 44.5 Å². The van der Waals surface area contributed by atoms with Gasteiger partial charge in [-0.2, -0.15) is 0 Å². The third-order valence-corrected chi connectivity index (χ3v) is 4.69. The Balaban J connectivity index is 0.00000338. The van der Waals surface area contributed by atoms with Crippen LogP contribution in [-0.2, 0) is 6.54 Å². The predicted molar refractivity (Wildman–Crippen MR) is 121 cm³/mol. The van der Waals surface area contributed by atoms with E-state index in [4.69, 9.17) is 9.73 Å². The fraction of sp³-hybridized carbons (Fsp3) is 0.650. The lowest BCUT2D eigenvalue weighted by Crippen LogP contribution is -2.48. The summed E-state index contributed by atoms with van der Waals surface area (Å²) in [6.07, 6.45) is 3.61. The molecule has 2 rings (SSSR count). The number of piperidine rings is 1. The number of likely N-dealkylation sites (tertiary alicyclic amines) is 1. The molecule has 1 aromatic carbocycles. The summed E-state index contributed by atoms with van der Waals surface area (Å²) < 4.78 is 5.33. The van der Waals surface area contributed by atoms with Crippen LogP contribution in [0.1, 0.15) is 44.2 Å². The van der Waals surface area contributed by atoms with E-state index >= 15 is 0 Å². The summed E-state index contributed by atoms with van der Waals surface area (Å²) in [6, 6.07) is 6.77. The summed E-state index contributed by atoms with van der Waals surface area (Å²) in [4.78, 5) is 7.33. The van der Waals surface area contributed by atoms with E-state index in [1.807, 2.05) is 6.07 Å². The SMILES string of the molecule is CCCN1CCC(NC(=NCc2ccc(OC)c(C)c2)NCC)CC1.I. The highest BCUT2D eigenvalue weighted by Gasteiger charge is 2.19. The number of benzene rings is 1. The summed E-state index contributed by atoms with van der Waals surface area (Å²) in [5, 5.41) is 6.99. The summed E-state index contributed by atoms with van der Waals surface area (Å²) in [7, 11) is 1.71. The lowest BCUT2D eigenvalue weighted by atomic mass is 10.1. The molecule has 0 amide bonds. The molecule has 0 radical (unpaired) electrons. The Hall–Kier alpha value is -1.02. The normalized spacial score (nSPS) is 16.1. The van der Waals surface area contributed by atoms with Crippen molar-refractivity contribution in [1.82, 2.24) is 15.5 Å². The number of nitrogens with one attached hydrogen (secondary N) is 2. The molecule has 148 valence electrons. The van der Waals surface area contributed by atoms with Crippen molar-refractivity contribution in [2.75, 3.05) is 33.3 Å². The first-order valence-corrected chi connectivity index (χ1v) is 9.57. The Bertz CT molecular complexity index is 557. The third-order valence-electron chi connectivity index (χ3n) is 4.69. The number of hydrogen-bond donors (Lipinski definition) is 2. The first-order chi connectivity index (χ1) is 12.2. The maximum atomic E-state index is 5.33. The maximum absolute atomic E-state index is 5.33. The lowest BCUT2D eigenvalue weighted by Gasteiger charge is -2.32. The van der Waals surface area contributed by atoms with Gasteiger partial charge in [0.15, 0.2) is 5.96 Å². The number of methoxy groups -OCH3 is 1. The van der Waals surface area contributed by atoms with Crippen molar-refractivity contribution in [3.8, 4) is 5.75 Å². The van der Waals surface area contributed by atoms with Crippen LogP contribution < -0.4 is 15.4 Å². The van der Waals surface area contributed by atoms with Gasteiger partial charge in [0.1, 0.15) is 5.75 Å². The van der Waals surface area contributed by atoms with Crippen LogP contribution >= 0.6 is 24.0 Å². The summed E-state index contributed by atoms with van der Waals surface area (Å²) in [5.74, 6) is 1.85.